The third-order valence-corrected chi connectivity index (χ3v) is 8.24. The van der Waals surface area contributed by atoms with Crippen LogP contribution in [0.25, 0.3) is 10.1 Å². The Bertz CT molecular complexity index is 1470. The van der Waals surface area contributed by atoms with Crippen molar-refractivity contribution in [1.29, 1.82) is 0 Å². The number of thiophene rings is 1. The number of anilines is 3. The first-order valence-electron chi connectivity index (χ1n) is 14.1. The fourth-order valence-electron chi connectivity index (χ4n) is 4.94. The summed E-state index contributed by atoms with van der Waals surface area (Å²) in [4.78, 5) is 2.56. The number of piperidine rings is 1. The Morgan fingerprint density at radius 3 is 2.43 bits per heavy atom. The first-order chi connectivity index (χ1) is 20.9. The highest BCUT2D eigenvalue weighted by atomic mass is 32.1. The first kappa shape index (κ1) is 33.5. The van der Waals surface area contributed by atoms with E-state index in [1.807, 2.05) is 6.07 Å². The van der Waals surface area contributed by atoms with Gasteiger partial charge in [0.05, 0.1) is 46.2 Å². The van der Waals surface area contributed by atoms with Crippen LogP contribution in [-0.4, -0.2) is 74.3 Å². The van der Waals surface area contributed by atoms with E-state index >= 15 is 0 Å². The molecule has 0 aliphatic carbocycles. The van der Waals surface area contributed by atoms with Crippen molar-refractivity contribution < 1.29 is 40.6 Å². The summed E-state index contributed by atoms with van der Waals surface area (Å²) in [6, 6.07) is 7.34. The van der Waals surface area contributed by atoms with E-state index in [9.17, 15) is 30.7 Å². The van der Waals surface area contributed by atoms with Gasteiger partial charge < -0.3 is 30.7 Å². The van der Waals surface area contributed by atoms with Crippen molar-refractivity contribution in [3.63, 3.8) is 0 Å². The molecule has 1 aliphatic rings. The summed E-state index contributed by atoms with van der Waals surface area (Å²) >= 11 is 1.14. The zero-order valence-corrected chi connectivity index (χ0v) is 24.7. The van der Waals surface area contributed by atoms with E-state index in [1.165, 1.54) is 0 Å². The smallest absolute Gasteiger partial charge is 0.422 e. The molecule has 0 saturated carbocycles. The molecule has 1 fully saturated rings. The van der Waals surface area contributed by atoms with Gasteiger partial charge >= 0.3 is 12.4 Å². The Hall–Kier alpha value is -3.41. The zero-order valence-electron chi connectivity index (χ0n) is 23.9. The lowest BCUT2D eigenvalue weighted by molar-refractivity contribution is -0.153. The number of hydrogen-bond donors (Lipinski definition) is 4. The second-order valence-electron chi connectivity index (χ2n) is 10.3. The van der Waals surface area contributed by atoms with Crippen LogP contribution in [0.5, 0.6) is 5.75 Å². The van der Waals surface area contributed by atoms with Gasteiger partial charge in [-0.15, -0.1) is 11.3 Å². The number of nitrogens with one attached hydrogen (secondary N) is 3. The van der Waals surface area contributed by atoms with Gasteiger partial charge in [-0.2, -0.15) is 26.3 Å². The van der Waals surface area contributed by atoms with Crippen molar-refractivity contribution in [2.24, 2.45) is 0 Å². The predicted molar refractivity (Wildman–Crippen MR) is 159 cm³/mol. The van der Waals surface area contributed by atoms with Crippen LogP contribution in [0.4, 0.5) is 47.8 Å². The summed E-state index contributed by atoms with van der Waals surface area (Å²) in [5, 5.41) is 18.2. The molecule has 2 aromatic carbocycles. The highest BCUT2D eigenvalue weighted by Gasteiger charge is 2.32. The van der Waals surface area contributed by atoms with Crippen LogP contribution < -0.4 is 20.7 Å². The van der Waals surface area contributed by atoms with Gasteiger partial charge in [0.15, 0.2) is 6.61 Å². The Morgan fingerprint density at radius 1 is 1.02 bits per heavy atom. The van der Waals surface area contributed by atoms with Gasteiger partial charge in [-0.25, -0.2) is 4.39 Å². The summed E-state index contributed by atoms with van der Waals surface area (Å²) in [5.41, 5.74) is 0.501. The lowest BCUT2D eigenvalue weighted by Gasteiger charge is -2.32. The number of fused-ring (bicyclic) bond motifs is 1. The van der Waals surface area contributed by atoms with E-state index in [2.05, 4.69) is 39.6 Å². The second kappa shape index (κ2) is 14.6. The van der Waals surface area contributed by atoms with Crippen LogP contribution in [0.3, 0.4) is 0 Å². The molecule has 0 unspecified atom stereocenters. The maximum absolute atomic E-state index is 14.6. The quantitative estimate of drug-likeness (QED) is 0.135. The highest BCUT2D eigenvalue weighted by molar-refractivity contribution is 7.20. The van der Waals surface area contributed by atoms with Crippen molar-refractivity contribution in [2.45, 2.75) is 44.6 Å². The molecule has 0 radical (unpaired) electrons. The summed E-state index contributed by atoms with van der Waals surface area (Å²) in [6.07, 6.45) is -8.48. The number of ether oxygens (including phenoxy) is 1. The lowest BCUT2D eigenvalue weighted by atomic mass is 10.0. The molecule has 240 valence electrons. The molecule has 0 amide bonds. The van der Waals surface area contributed by atoms with Gasteiger partial charge in [-0.3, -0.25) is 0 Å². The van der Waals surface area contributed by atoms with E-state index in [0.29, 0.717) is 10.1 Å². The molecule has 0 bridgehead atoms. The fourth-order valence-corrected chi connectivity index (χ4v) is 6.11. The van der Waals surface area contributed by atoms with Gasteiger partial charge in [0.2, 0.25) is 0 Å². The van der Waals surface area contributed by atoms with Crippen LogP contribution in [0.15, 0.2) is 30.3 Å². The third-order valence-electron chi connectivity index (χ3n) is 7.05. The van der Waals surface area contributed by atoms with E-state index < -0.39 is 31.2 Å². The number of rotatable bonds is 11. The van der Waals surface area contributed by atoms with Crippen LogP contribution in [0, 0.1) is 17.7 Å². The number of benzene rings is 2. The van der Waals surface area contributed by atoms with Crippen molar-refractivity contribution >= 4 is 38.5 Å². The number of nitrogens with zero attached hydrogens (tertiary/aromatic N) is 1. The maximum Gasteiger partial charge on any atom is 0.422 e. The van der Waals surface area contributed by atoms with Gasteiger partial charge in [0, 0.05) is 37.8 Å². The number of aliphatic hydroxyl groups is 1. The van der Waals surface area contributed by atoms with E-state index in [4.69, 9.17) is 9.84 Å². The van der Waals surface area contributed by atoms with Crippen molar-refractivity contribution in [3.8, 4) is 17.6 Å². The fraction of sp³-hybridized carbons (Fsp3) is 0.467. The molecule has 6 nitrogen and oxygen atoms in total. The molecule has 3 aromatic rings. The Kier molecular flexibility index (Phi) is 11.1. The molecule has 1 aromatic heterocycles. The molecular formula is C30H33F7N4O2S. The molecule has 1 aliphatic heterocycles. The van der Waals surface area contributed by atoms with Crippen LogP contribution in [-0.2, 0) is 6.42 Å². The number of likely N-dealkylation sites (tertiary alicyclic amines) is 1. The first-order valence-corrected chi connectivity index (χ1v) is 14.9. The monoisotopic (exact) mass is 646 g/mol. The number of hydrogen-bond acceptors (Lipinski definition) is 7. The number of alkyl halides is 6. The zero-order chi connectivity index (χ0) is 31.9. The van der Waals surface area contributed by atoms with Crippen LogP contribution >= 0.6 is 11.3 Å². The second-order valence-corrected chi connectivity index (χ2v) is 11.3. The summed E-state index contributed by atoms with van der Waals surface area (Å²) < 4.78 is 99.3. The minimum atomic E-state index is -4.65. The number of halogens is 7. The minimum Gasteiger partial charge on any atom is -0.482 e. The van der Waals surface area contributed by atoms with Crippen molar-refractivity contribution in [3.05, 3.63) is 46.6 Å². The topological polar surface area (TPSA) is 68.8 Å². The standard InChI is InChI=1S/C30H33F7N4O2S/c1-2-41-12-8-19(9-13-41)40-23-6-3-5-20-21(17-29(32,33)34)27(44-28(20)23)7-4-10-38-25-15-22(31)24(39-11-14-42)16-26(25)43-18-30(35,36)37/h3,5-6,15-16,19,38-40,42H,2,8-14,17-18H2,1H3. The van der Waals surface area contributed by atoms with Crippen molar-refractivity contribution in [1.82, 2.24) is 4.90 Å². The van der Waals surface area contributed by atoms with E-state index in [1.54, 1.807) is 12.1 Å². The van der Waals surface area contributed by atoms with Gasteiger partial charge in [-0.1, -0.05) is 30.9 Å². The molecule has 0 atom stereocenters. The molecule has 4 rings (SSSR count). The predicted octanol–water partition coefficient (Wildman–Crippen LogP) is 6.85. The number of aliphatic hydroxyl groups excluding tert-OH is 1. The largest absolute Gasteiger partial charge is 0.482 e. The average molecular weight is 647 g/mol. The maximum atomic E-state index is 14.6. The summed E-state index contributed by atoms with van der Waals surface area (Å²) in [5.74, 6) is 4.38. The minimum absolute atomic E-state index is 0.0430. The highest BCUT2D eigenvalue weighted by Crippen LogP contribution is 2.39. The third kappa shape index (κ3) is 9.30. The molecule has 14 heteroatoms. The van der Waals surface area contributed by atoms with E-state index in [0.717, 1.165) is 61.6 Å². The summed E-state index contributed by atoms with van der Waals surface area (Å²) in [7, 11) is 0. The average Bonchev–Trinajstić information content (AvgIpc) is 3.30. The molecule has 2 heterocycles. The molecule has 0 spiro atoms. The SMILES string of the molecule is CCN1CCC(Nc2cccc3c(CC(F)(F)F)c(C#CCNc4cc(F)c(NCCO)cc4OCC(F)(F)F)sc23)CC1. The Morgan fingerprint density at radius 2 is 1.77 bits per heavy atom. The Balaban J connectivity index is 1.58. The molecule has 1 saturated heterocycles. The van der Waals surface area contributed by atoms with Gasteiger partial charge in [0.25, 0.3) is 0 Å². The van der Waals surface area contributed by atoms with E-state index in [-0.39, 0.29) is 53.3 Å². The van der Waals surface area contributed by atoms with Gasteiger partial charge in [0.1, 0.15) is 11.6 Å². The van der Waals surface area contributed by atoms with Gasteiger partial charge in [-0.05, 0) is 36.4 Å². The van der Waals surface area contributed by atoms with Crippen molar-refractivity contribution in [2.75, 3.05) is 61.9 Å². The van der Waals surface area contributed by atoms with Crippen LogP contribution in [0.1, 0.15) is 30.2 Å². The lowest BCUT2D eigenvalue weighted by Crippen LogP contribution is -2.38. The normalized spacial score (nSPS) is 14.8. The van der Waals surface area contributed by atoms with Crippen LogP contribution in [0.2, 0.25) is 0 Å². The summed E-state index contributed by atoms with van der Waals surface area (Å²) in [6.45, 7) is 2.72. The molecular weight excluding hydrogens is 613 g/mol. The molecule has 4 N–H and O–H groups in total. The molecule has 44 heavy (non-hydrogen) atoms. The Labute approximate surface area is 254 Å².